The van der Waals surface area contributed by atoms with Crippen LogP contribution in [0.1, 0.15) is 72.5 Å². The number of carboxylic acids is 1. The molecule has 3 aromatic rings. The number of carbonyl (C=O) groups excluding carboxylic acids is 1. The zero-order valence-electron chi connectivity index (χ0n) is 21.5. The maximum Gasteiger partial charge on any atom is 0.417 e. The summed E-state index contributed by atoms with van der Waals surface area (Å²) in [7, 11) is 0. The summed E-state index contributed by atoms with van der Waals surface area (Å²) < 4.78 is 47.0. The molecule has 1 unspecified atom stereocenters. The van der Waals surface area contributed by atoms with Gasteiger partial charge in [-0.05, 0) is 59.4 Å². The molecule has 3 aromatic carbocycles. The van der Waals surface area contributed by atoms with Gasteiger partial charge < -0.3 is 15.2 Å². The van der Waals surface area contributed by atoms with Crippen LogP contribution in [0, 0.1) is 5.92 Å². The van der Waals surface area contributed by atoms with E-state index < -0.39 is 17.7 Å². The highest BCUT2D eigenvalue weighted by Gasteiger charge is 2.33. The van der Waals surface area contributed by atoms with E-state index in [1.54, 1.807) is 42.5 Å². The van der Waals surface area contributed by atoms with Crippen LogP contribution in [-0.4, -0.2) is 23.5 Å². The fraction of sp³-hybridized carbons (Fsp3) is 0.355. The molecule has 0 aliphatic heterocycles. The Morgan fingerprint density at radius 3 is 2.23 bits per heavy atom. The molecule has 0 bridgehead atoms. The number of benzene rings is 3. The van der Waals surface area contributed by atoms with E-state index in [2.05, 4.69) is 5.32 Å². The molecule has 5 nitrogen and oxygen atoms in total. The zero-order valence-corrected chi connectivity index (χ0v) is 21.5. The van der Waals surface area contributed by atoms with E-state index in [-0.39, 0.29) is 30.5 Å². The van der Waals surface area contributed by atoms with Crippen LogP contribution in [0.4, 0.5) is 13.2 Å². The number of nitrogens with one attached hydrogen (secondary N) is 1. The zero-order chi connectivity index (χ0) is 27.8. The lowest BCUT2D eigenvalue weighted by atomic mass is 9.84. The molecule has 39 heavy (non-hydrogen) atoms. The Kier molecular flexibility index (Phi) is 9.28. The molecule has 1 atom stereocenters. The van der Waals surface area contributed by atoms with Crippen molar-refractivity contribution in [1.29, 1.82) is 0 Å². The molecule has 1 aliphatic rings. The predicted molar refractivity (Wildman–Crippen MR) is 142 cm³/mol. The molecular weight excluding hydrogens is 507 g/mol. The van der Waals surface area contributed by atoms with Crippen LogP contribution in [0.25, 0.3) is 11.1 Å². The van der Waals surface area contributed by atoms with Crippen molar-refractivity contribution in [2.45, 2.75) is 57.2 Å². The highest BCUT2D eigenvalue weighted by Crippen LogP contribution is 2.39. The number of amides is 1. The van der Waals surface area contributed by atoms with Gasteiger partial charge in [0.1, 0.15) is 11.9 Å². The lowest BCUT2D eigenvalue weighted by molar-refractivity contribution is -0.137. The van der Waals surface area contributed by atoms with Crippen molar-refractivity contribution in [3.63, 3.8) is 0 Å². The molecular formula is C31H32F3NO4. The Morgan fingerprint density at radius 1 is 0.923 bits per heavy atom. The second-order valence-electron chi connectivity index (χ2n) is 9.94. The first-order valence-corrected chi connectivity index (χ1v) is 13.2. The molecule has 206 valence electrons. The fourth-order valence-corrected chi connectivity index (χ4v) is 5.07. The molecule has 2 N–H and O–H groups in total. The van der Waals surface area contributed by atoms with Gasteiger partial charge >= 0.3 is 12.1 Å². The third-order valence-electron chi connectivity index (χ3n) is 7.12. The van der Waals surface area contributed by atoms with Crippen molar-refractivity contribution in [3.05, 3.63) is 89.5 Å². The highest BCUT2D eigenvalue weighted by molar-refractivity contribution is 5.94. The molecule has 0 aromatic heterocycles. The number of halogens is 3. The van der Waals surface area contributed by atoms with Crippen LogP contribution in [0.3, 0.4) is 0 Å². The lowest BCUT2D eigenvalue weighted by Crippen LogP contribution is -2.25. The van der Waals surface area contributed by atoms with E-state index in [4.69, 9.17) is 9.84 Å². The highest BCUT2D eigenvalue weighted by atomic mass is 19.4. The summed E-state index contributed by atoms with van der Waals surface area (Å²) in [5, 5.41) is 11.3. The molecule has 1 aliphatic carbocycles. The third-order valence-corrected chi connectivity index (χ3v) is 7.12. The predicted octanol–water partition coefficient (Wildman–Crippen LogP) is 7.67. The van der Waals surface area contributed by atoms with Gasteiger partial charge in [0, 0.05) is 12.1 Å². The first-order chi connectivity index (χ1) is 18.7. The van der Waals surface area contributed by atoms with E-state index in [0.29, 0.717) is 22.8 Å². The Balaban J connectivity index is 1.52. The second-order valence-corrected chi connectivity index (χ2v) is 9.94. The number of rotatable bonds is 10. The van der Waals surface area contributed by atoms with Crippen molar-refractivity contribution < 1.29 is 32.6 Å². The standard InChI is InChI=1S/C31H32F3NO4/c32-31(33,34)27-9-5-4-8-26(27)22-10-12-23(13-11-22)28(20-21-6-2-1-3-7-21)39-25-16-14-24(15-17-25)30(38)35-19-18-29(36)37/h4-5,8-17,21,28H,1-3,6-7,18-20H2,(H,35,38)(H,36,37). The number of aliphatic carboxylic acids is 1. The summed E-state index contributed by atoms with van der Waals surface area (Å²) in [5.74, 6) is -0.282. The molecule has 0 spiro atoms. The summed E-state index contributed by atoms with van der Waals surface area (Å²) in [5.41, 5.74) is 1.23. The third kappa shape index (κ3) is 7.85. The van der Waals surface area contributed by atoms with Crippen LogP contribution in [0.15, 0.2) is 72.8 Å². The van der Waals surface area contributed by atoms with Crippen molar-refractivity contribution in [2.24, 2.45) is 5.92 Å². The normalized spacial score (nSPS) is 14.9. The van der Waals surface area contributed by atoms with Crippen LogP contribution in [0.5, 0.6) is 5.75 Å². The molecule has 1 amide bonds. The molecule has 1 fully saturated rings. The van der Waals surface area contributed by atoms with Crippen molar-refractivity contribution >= 4 is 11.9 Å². The van der Waals surface area contributed by atoms with Gasteiger partial charge in [0.2, 0.25) is 0 Å². The molecule has 1 saturated carbocycles. The largest absolute Gasteiger partial charge is 0.486 e. The van der Waals surface area contributed by atoms with E-state index in [1.807, 2.05) is 12.1 Å². The average Bonchev–Trinajstić information content (AvgIpc) is 2.93. The van der Waals surface area contributed by atoms with Gasteiger partial charge in [-0.25, -0.2) is 0 Å². The molecule has 4 rings (SSSR count). The molecule has 8 heteroatoms. The van der Waals surface area contributed by atoms with E-state index in [0.717, 1.165) is 30.9 Å². The number of carboxylic acid groups (broad SMARTS) is 1. The maximum atomic E-state index is 13.5. The quantitative estimate of drug-likeness (QED) is 0.277. The minimum Gasteiger partial charge on any atom is -0.486 e. The topological polar surface area (TPSA) is 75.6 Å². The van der Waals surface area contributed by atoms with Gasteiger partial charge in [-0.1, -0.05) is 74.6 Å². The summed E-state index contributed by atoms with van der Waals surface area (Å²) >= 11 is 0. The summed E-state index contributed by atoms with van der Waals surface area (Å²) in [6, 6.07) is 19.3. The summed E-state index contributed by atoms with van der Waals surface area (Å²) in [6.07, 6.45) is 1.71. The lowest BCUT2D eigenvalue weighted by Gasteiger charge is -2.27. The van der Waals surface area contributed by atoms with E-state index in [9.17, 15) is 22.8 Å². The minimum absolute atomic E-state index is 0.0410. The molecule has 0 radical (unpaired) electrons. The van der Waals surface area contributed by atoms with Gasteiger partial charge in [0.15, 0.2) is 0 Å². The number of carbonyl (C=O) groups is 2. The van der Waals surface area contributed by atoms with Gasteiger partial charge in [-0.2, -0.15) is 13.2 Å². The monoisotopic (exact) mass is 539 g/mol. The maximum absolute atomic E-state index is 13.5. The summed E-state index contributed by atoms with van der Waals surface area (Å²) in [6.45, 7) is 0.0410. The minimum atomic E-state index is -4.44. The average molecular weight is 540 g/mol. The fourth-order valence-electron chi connectivity index (χ4n) is 5.07. The Hall–Kier alpha value is -3.81. The molecule has 0 saturated heterocycles. The van der Waals surface area contributed by atoms with Crippen LogP contribution < -0.4 is 10.1 Å². The second kappa shape index (κ2) is 12.8. The SMILES string of the molecule is O=C(O)CCNC(=O)c1ccc(OC(CC2CCCCC2)c2ccc(-c3ccccc3C(F)(F)F)cc2)cc1. The number of hydrogen-bond acceptors (Lipinski definition) is 3. The van der Waals surface area contributed by atoms with Crippen LogP contribution in [-0.2, 0) is 11.0 Å². The first-order valence-electron chi connectivity index (χ1n) is 13.2. The van der Waals surface area contributed by atoms with Crippen molar-refractivity contribution in [3.8, 4) is 16.9 Å². The molecule has 0 heterocycles. The number of hydrogen-bond donors (Lipinski definition) is 2. The van der Waals surface area contributed by atoms with E-state index >= 15 is 0 Å². The smallest absolute Gasteiger partial charge is 0.417 e. The Labute approximate surface area is 226 Å². The van der Waals surface area contributed by atoms with Crippen molar-refractivity contribution in [1.82, 2.24) is 5.32 Å². The Morgan fingerprint density at radius 2 is 1.59 bits per heavy atom. The van der Waals surface area contributed by atoms with Gasteiger partial charge in [0.25, 0.3) is 5.91 Å². The van der Waals surface area contributed by atoms with Crippen LogP contribution in [0.2, 0.25) is 0 Å². The number of ether oxygens (including phenoxy) is 1. The van der Waals surface area contributed by atoms with Crippen LogP contribution >= 0.6 is 0 Å². The van der Waals surface area contributed by atoms with Gasteiger partial charge in [-0.3, -0.25) is 9.59 Å². The Bertz CT molecular complexity index is 1250. The first kappa shape index (κ1) is 28.2. The van der Waals surface area contributed by atoms with Gasteiger partial charge in [0.05, 0.1) is 12.0 Å². The van der Waals surface area contributed by atoms with Gasteiger partial charge in [-0.15, -0.1) is 0 Å². The van der Waals surface area contributed by atoms with Crippen molar-refractivity contribution in [2.75, 3.05) is 6.54 Å². The van der Waals surface area contributed by atoms with E-state index in [1.165, 1.54) is 31.4 Å². The summed E-state index contributed by atoms with van der Waals surface area (Å²) in [4.78, 5) is 22.9. The number of alkyl halides is 3.